The van der Waals surface area contributed by atoms with Gasteiger partial charge in [0, 0.05) is 5.69 Å². The van der Waals surface area contributed by atoms with Crippen molar-refractivity contribution in [2.24, 2.45) is 0 Å². The molecule has 1 heterocycles. The van der Waals surface area contributed by atoms with Crippen LogP contribution in [0.4, 0.5) is 5.69 Å². The van der Waals surface area contributed by atoms with Crippen molar-refractivity contribution in [3.63, 3.8) is 0 Å². The zero-order valence-corrected chi connectivity index (χ0v) is 29.3. The number of nitrogens with zero attached hydrogens (tertiary/aromatic N) is 1. The van der Waals surface area contributed by atoms with E-state index in [1.54, 1.807) is 42.7 Å². The third-order valence-electron chi connectivity index (χ3n) is 9.99. The van der Waals surface area contributed by atoms with Gasteiger partial charge in [0.05, 0.1) is 34.5 Å². The van der Waals surface area contributed by atoms with E-state index in [2.05, 4.69) is 98.5 Å². The summed E-state index contributed by atoms with van der Waals surface area (Å²) in [5.74, 6) is 0. The van der Waals surface area contributed by atoms with Crippen molar-refractivity contribution in [3.8, 4) is 0 Å². The first-order valence-electron chi connectivity index (χ1n) is 16.3. The highest BCUT2D eigenvalue weighted by molar-refractivity contribution is 6.47. The Kier molecular flexibility index (Phi) is 10.1. The lowest BCUT2D eigenvalue weighted by Crippen LogP contribution is -2.49. The standard InChI is InChI=1S/C38H53B2NO4/c1-34(2,3)28-16-22-31(23-17-28)41-32(26-12-18-29(19-13-26)39-44-37(8,9)35(4,5)42)24-25-33(41)27-14-20-30(21-15-27)40-45-38(10,11)36(6,7)43/h12-23,32-33,42-43H,24-25H2,1-11H3. The van der Waals surface area contributed by atoms with E-state index in [1.165, 1.54) is 22.4 Å². The molecule has 5 nitrogen and oxygen atoms in total. The molecule has 7 heteroatoms. The predicted molar refractivity (Wildman–Crippen MR) is 189 cm³/mol. The van der Waals surface area contributed by atoms with E-state index in [4.69, 9.17) is 9.31 Å². The minimum atomic E-state index is -0.971. The number of aliphatic hydroxyl groups is 2. The van der Waals surface area contributed by atoms with E-state index in [0.717, 1.165) is 23.8 Å². The fourth-order valence-corrected chi connectivity index (χ4v) is 5.27. The fraction of sp³-hybridized carbons (Fsp3) is 0.526. The van der Waals surface area contributed by atoms with Crippen molar-refractivity contribution in [2.75, 3.05) is 4.90 Å². The first kappa shape index (κ1) is 35.3. The summed E-state index contributed by atoms with van der Waals surface area (Å²) in [5.41, 5.74) is 3.72. The maximum atomic E-state index is 10.5. The quantitative estimate of drug-likeness (QED) is 0.238. The molecule has 0 bridgehead atoms. The highest BCUT2D eigenvalue weighted by Crippen LogP contribution is 2.47. The Bertz CT molecular complexity index is 1320. The SMILES string of the molecule is CC(C)(C)c1ccc(N2C(c3ccc([B]OC(C)(C)C(C)(C)O)cc3)CCC2c2ccc([B]OC(C)(C)C(C)(C)O)cc2)cc1. The molecule has 0 aliphatic carbocycles. The van der Waals surface area contributed by atoms with Crippen LogP contribution >= 0.6 is 0 Å². The Hall–Kier alpha value is -2.57. The van der Waals surface area contributed by atoms with E-state index in [1.807, 2.05) is 27.7 Å². The average Bonchev–Trinajstić information content (AvgIpc) is 3.39. The second kappa shape index (κ2) is 12.9. The Morgan fingerprint density at radius 3 is 1.22 bits per heavy atom. The van der Waals surface area contributed by atoms with Crippen molar-refractivity contribution < 1.29 is 19.5 Å². The van der Waals surface area contributed by atoms with Crippen LogP contribution in [0.25, 0.3) is 0 Å². The molecule has 1 aliphatic rings. The van der Waals surface area contributed by atoms with E-state index in [9.17, 15) is 10.2 Å². The maximum Gasteiger partial charge on any atom is 0.330 e. The van der Waals surface area contributed by atoms with Crippen molar-refractivity contribution in [1.29, 1.82) is 0 Å². The first-order valence-corrected chi connectivity index (χ1v) is 16.3. The number of rotatable bonds is 11. The summed E-state index contributed by atoms with van der Waals surface area (Å²) in [6, 6.07) is 26.7. The molecule has 3 aromatic rings. The van der Waals surface area contributed by atoms with Gasteiger partial charge >= 0.3 is 15.0 Å². The van der Waals surface area contributed by atoms with Crippen LogP contribution in [0.2, 0.25) is 0 Å². The molecule has 1 fully saturated rings. The molecular formula is C38H53B2NO4. The van der Waals surface area contributed by atoms with E-state index in [-0.39, 0.29) is 17.5 Å². The van der Waals surface area contributed by atoms with Gasteiger partial charge in [0.2, 0.25) is 0 Å². The van der Waals surface area contributed by atoms with Crippen LogP contribution in [-0.4, -0.2) is 47.6 Å². The summed E-state index contributed by atoms with van der Waals surface area (Å²) in [6.45, 7) is 21.4. The molecule has 0 aromatic heterocycles. The molecule has 1 saturated heterocycles. The van der Waals surface area contributed by atoms with E-state index in [0.29, 0.717) is 0 Å². The summed E-state index contributed by atoms with van der Waals surface area (Å²) < 4.78 is 12.0. The summed E-state index contributed by atoms with van der Waals surface area (Å²) >= 11 is 0. The zero-order chi connectivity index (χ0) is 33.4. The summed E-state index contributed by atoms with van der Waals surface area (Å²) in [4.78, 5) is 2.58. The molecular weight excluding hydrogens is 556 g/mol. The Balaban J connectivity index is 1.58. The first-order chi connectivity index (χ1) is 20.7. The molecule has 2 atom stereocenters. The topological polar surface area (TPSA) is 62.2 Å². The maximum absolute atomic E-state index is 10.5. The lowest BCUT2D eigenvalue weighted by molar-refractivity contribution is -0.0893. The lowest BCUT2D eigenvalue weighted by Gasteiger charge is -2.37. The lowest BCUT2D eigenvalue weighted by atomic mass is 9.82. The number of anilines is 1. The van der Waals surface area contributed by atoms with Gasteiger partial charge in [0.15, 0.2) is 0 Å². The molecule has 0 saturated carbocycles. The van der Waals surface area contributed by atoms with Crippen molar-refractivity contribution >= 4 is 31.6 Å². The molecule has 0 spiro atoms. The van der Waals surface area contributed by atoms with Crippen LogP contribution in [0.5, 0.6) is 0 Å². The molecule has 2 unspecified atom stereocenters. The van der Waals surface area contributed by atoms with Gasteiger partial charge in [-0.25, -0.2) is 0 Å². The minimum Gasteiger partial charge on any atom is -0.427 e. The normalized spacial score (nSPS) is 18.3. The summed E-state index contributed by atoms with van der Waals surface area (Å²) in [6.07, 6.45) is 2.07. The Morgan fingerprint density at radius 2 is 0.911 bits per heavy atom. The molecule has 4 rings (SSSR count). The van der Waals surface area contributed by atoms with Gasteiger partial charge in [0.25, 0.3) is 0 Å². The van der Waals surface area contributed by atoms with Gasteiger partial charge in [-0.2, -0.15) is 0 Å². The van der Waals surface area contributed by atoms with Crippen LogP contribution in [0, 0.1) is 0 Å². The summed E-state index contributed by atoms with van der Waals surface area (Å²) in [7, 11) is 3.49. The van der Waals surface area contributed by atoms with Gasteiger partial charge in [-0.15, -0.1) is 0 Å². The van der Waals surface area contributed by atoms with Crippen molar-refractivity contribution in [1.82, 2.24) is 0 Å². The third-order valence-corrected chi connectivity index (χ3v) is 9.99. The van der Waals surface area contributed by atoms with Gasteiger partial charge in [-0.3, -0.25) is 0 Å². The Morgan fingerprint density at radius 1 is 0.556 bits per heavy atom. The monoisotopic (exact) mass is 609 g/mol. The van der Waals surface area contributed by atoms with Crippen LogP contribution in [0.1, 0.15) is 118 Å². The van der Waals surface area contributed by atoms with Crippen molar-refractivity contribution in [3.05, 3.63) is 89.5 Å². The second-order valence-electron chi connectivity index (χ2n) is 15.8. The smallest absolute Gasteiger partial charge is 0.330 e. The van der Waals surface area contributed by atoms with Crippen LogP contribution in [0.15, 0.2) is 72.8 Å². The molecule has 1 aliphatic heterocycles. The molecule has 45 heavy (non-hydrogen) atoms. The molecule has 2 N–H and O–H groups in total. The number of hydrogen-bond donors (Lipinski definition) is 2. The third kappa shape index (κ3) is 8.24. The predicted octanol–water partition coefficient (Wildman–Crippen LogP) is 6.69. The van der Waals surface area contributed by atoms with Gasteiger partial charge in [-0.05, 0) is 102 Å². The van der Waals surface area contributed by atoms with Gasteiger partial charge in [-0.1, -0.05) is 92.4 Å². The number of benzene rings is 3. The van der Waals surface area contributed by atoms with E-state index >= 15 is 0 Å². The minimum absolute atomic E-state index is 0.0881. The second-order valence-corrected chi connectivity index (χ2v) is 15.8. The highest BCUT2D eigenvalue weighted by atomic mass is 16.5. The van der Waals surface area contributed by atoms with Crippen LogP contribution in [-0.2, 0) is 14.7 Å². The molecule has 240 valence electrons. The average molecular weight is 609 g/mol. The van der Waals surface area contributed by atoms with E-state index < -0.39 is 22.4 Å². The molecule has 0 amide bonds. The zero-order valence-electron chi connectivity index (χ0n) is 29.3. The van der Waals surface area contributed by atoms with Gasteiger partial charge in [0.1, 0.15) is 0 Å². The molecule has 2 radical (unpaired) electrons. The van der Waals surface area contributed by atoms with Gasteiger partial charge < -0.3 is 24.4 Å². The van der Waals surface area contributed by atoms with Crippen LogP contribution in [0.3, 0.4) is 0 Å². The summed E-state index contributed by atoms with van der Waals surface area (Å²) in [5, 5.41) is 20.9. The molecule has 3 aromatic carbocycles. The Labute approximate surface area is 273 Å². The van der Waals surface area contributed by atoms with Crippen molar-refractivity contribution in [2.45, 2.75) is 129 Å². The highest BCUT2D eigenvalue weighted by Gasteiger charge is 2.38. The number of hydrogen-bond acceptors (Lipinski definition) is 5. The fourth-order valence-electron chi connectivity index (χ4n) is 5.27. The van der Waals surface area contributed by atoms with Crippen LogP contribution < -0.4 is 15.8 Å². The largest absolute Gasteiger partial charge is 0.427 e.